The van der Waals surface area contributed by atoms with Crippen LogP contribution in [0.25, 0.3) is 0 Å². The van der Waals surface area contributed by atoms with Crippen molar-refractivity contribution in [3.63, 3.8) is 0 Å². The zero-order chi connectivity index (χ0) is 5.70. The fraction of sp³-hybridized carbons (Fsp3) is 0. The average molecular weight is 125 g/mol. The molecule has 0 atom stereocenters. The van der Waals surface area contributed by atoms with Crippen molar-refractivity contribution in [2.75, 3.05) is 0 Å². The molecule has 0 rings (SSSR count). The summed E-state index contributed by atoms with van der Waals surface area (Å²) in [6.45, 7) is 0. The van der Waals surface area contributed by atoms with Crippen molar-refractivity contribution in [1.29, 1.82) is 0 Å². The van der Waals surface area contributed by atoms with E-state index in [0.29, 0.717) is 0 Å². The van der Waals surface area contributed by atoms with Crippen LogP contribution in [0.3, 0.4) is 0 Å². The summed E-state index contributed by atoms with van der Waals surface area (Å²) in [7, 11) is -2.25. The summed E-state index contributed by atoms with van der Waals surface area (Å²) in [5, 5.41) is 28.5. The van der Waals surface area contributed by atoms with Crippen LogP contribution in [0.4, 0.5) is 0 Å². The summed E-state index contributed by atoms with van der Waals surface area (Å²) < 4.78 is 0. The zero-order valence-corrected chi connectivity index (χ0v) is 4.57. The third kappa shape index (κ3) is 2.65. The van der Waals surface area contributed by atoms with Gasteiger partial charge in [-0.2, -0.15) is 15.4 Å². The number of hydrogen-bond donors (Lipinski definition) is 6. The standard InChI is InChI=1S/H7N3O3Si/c4-1-7(2-5)3-6/h1-7H. The fourth-order valence-electron chi connectivity index (χ4n) is 0.0866. The molecule has 6 nitrogen and oxygen atoms in total. The van der Waals surface area contributed by atoms with Crippen molar-refractivity contribution in [2.24, 2.45) is 0 Å². The molecule has 0 heterocycles. The minimum Gasteiger partial charge on any atom is -0.321 e. The van der Waals surface area contributed by atoms with Crippen LogP contribution in [-0.4, -0.2) is 24.9 Å². The summed E-state index contributed by atoms with van der Waals surface area (Å²) >= 11 is 0. The molecule has 0 aromatic carbocycles. The van der Waals surface area contributed by atoms with Gasteiger partial charge in [-0.25, -0.2) is 0 Å². The summed E-state index contributed by atoms with van der Waals surface area (Å²) in [6, 6.07) is 0. The third-order valence-electron chi connectivity index (χ3n) is 0.387. The van der Waals surface area contributed by atoms with Crippen LogP contribution in [0.1, 0.15) is 0 Å². The predicted octanol–water partition coefficient (Wildman–Crippen LogP) is -2.36. The average Bonchev–Trinajstić information content (AvgIpc) is 1.72. The third-order valence-corrected chi connectivity index (χ3v) is 1.16. The van der Waals surface area contributed by atoms with E-state index in [1.165, 1.54) is 0 Å². The van der Waals surface area contributed by atoms with Gasteiger partial charge in [0.05, 0.1) is 0 Å². The van der Waals surface area contributed by atoms with E-state index >= 15 is 0 Å². The molecule has 44 valence electrons. The Balaban J connectivity index is 2.99. The van der Waals surface area contributed by atoms with E-state index in [9.17, 15) is 0 Å². The van der Waals surface area contributed by atoms with Gasteiger partial charge in [-0.3, -0.25) is 0 Å². The van der Waals surface area contributed by atoms with Gasteiger partial charge in [-0.1, -0.05) is 0 Å². The first-order valence-electron chi connectivity index (χ1n) is 1.54. The maximum atomic E-state index is 7.89. The number of hydrogen-bond acceptors (Lipinski definition) is 6. The summed E-state index contributed by atoms with van der Waals surface area (Å²) in [5.41, 5.74) is 0. The molecule has 0 saturated heterocycles. The quantitative estimate of drug-likeness (QED) is 0.186. The molecule has 0 aliphatic heterocycles. The molecule has 0 amide bonds. The Hall–Kier alpha value is -0.0231. The Bertz CT molecular complexity index is 31.7. The monoisotopic (exact) mass is 125 g/mol. The van der Waals surface area contributed by atoms with E-state index in [1.54, 1.807) is 15.4 Å². The highest BCUT2D eigenvalue weighted by atomic mass is 28.3. The lowest BCUT2D eigenvalue weighted by molar-refractivity contribution is 0.152. The molecule has 0 radical (unpaired) electrons. The van der Waals surface area contributed by atoms with E-state index in [1.807, 2.05) is 0 Å². The van der Waals surface area contributed by atoms with Crippen molar-refractivity contribution in [3.05, 3.63) is 0 Å². The predicted molar refractivity (Wildman–Crippen MR) is 21.9 cm³/mol. The van der Waals surface area contributed by atoms with E-state index in [2.05, 4.69) is 0 Å². The summed E-state index contributed by atoms with van der Waals surface area (Å²) in [6.07, 6.45) is 0. The topological polar surface area (TPSA) is 96.8 Å². The SMILES string of the molecule is ON[SiH](NO)NO. The molecule has 7 heavy (non-hydrogen) atoms. The first-order chi connectivity index (χ1) is 3.35. The Morgan fingerprint density at radius 3 is 1.14 bits per heavy atom. The Morgan fingerprint density at radius 2 is 1.14 bits per heavy atom. The van der Waals surface area contributed by atoms with Crippen molar-refractivity contribution in [2.45, 2.75) is 0 Å². The van der Waals surface area contributed by atoms with Crippen molar-refractivity contribution < 1.29 is 15.6 Å². The largest absolute Gasteiger partial charge is 0.334 e. The van der Waals surface area contributed by atoms with Crippen molar-refractivity contribution in [3.8, 4) is 0 Å². The minimum absolute atomic E-state index is 1.62. The van der Waals surface area contributed by atoms with Crippen LogP contribution >= 0.6 is 0 Å². The molecule has 6 N–H and O–H groups in total. The Kier molecular flexibility index (Phi) is 4.13. The second-order valence-electron chi connectivity index (χ2n) is 0.820. The molecule has 0 saturated carbocycles. The van der Waals surface area contributed by atoms with Gasteiger partial charge in [-0.15, -0.1) is 0 Å². The maximum Gasteiger partial charge on any atom is 0.334 e. The van der Waals surface area contributed by atoms with Crippen molar-refractivity contribution >= 4 is 9.28 Å². The van der Waals surface area contributed by atoms with Gasteiger partial charge in [-0.05, 0) is 0 Å². The van der Waals surface area contributed by atoms with Crippen LogP contribution in [0.2, 0.25) is 0 Å². The first kappa shape index (κ1) is 6.98. The highest BCUT2D eigenvalue weighted by molar-refractivity contribution is 6.48. The lowest BCUT2D eigenvalue weighted by Crippen LogP contribution is -2.54. The van der Waals surface area contributed by atoms with Gasteiger partial charge >= 0.3 is 9.28 Å². The highest BCUT2D eigenvalue weighted by Crippen LogP contribution is 1.48. The van der Waals surface area contributed by atoms with Gasteiger partial charge in [0, 0.05) is 0 Å². The number of nitrogens with one attached hydrogen (secondary N) is 3. The summed E-state index contributed by atoms with van der Waals surface area (Å²) in [5.74, 6) is 0. The molecule has 0 aromatic heterocycles. The Labute approximate surface area is 41.5 Å². The molecular weight excluding hydrogens is 118 g/mol. The molecule has 0 aliphatic carbocycles. The first-order valence-corrected chi connectivity index (χ1v) is 3.27. The van der Waals surface area contributed by atoms with E-state index in [4.69, 9.17) is 15.6 Å². The van der Waals surface area contributed by atoms with Crippen molar-refractivity contribution in [1.82, 2.24) is 15.4 Å². The molecule has 0 spiro atoms. The van der Waals surface area contributed by atoms with E-state index in [0.717, 1.165) is 0 Å². The van der Waals surface area contributed by atoms with Gasteiger partial charge < -0.3 is 15.6 Å². The molecule has 0 bridgehead atoms. The van der Waals surface area contributed by atoms with Gasteiger partial charge in [0.15, 0.2) is 0 Å². The maximum absolute atomic E-state index is 7.89. The fourth-order valence-corrected chi connectivity index (χ4v) is 0.260. The number of rotatable bonds is 3. The van der Waals surface area contributed by atoms with Crippen LogP contribution < -0.4 is 15.4 Å². The highest BCUT2D eigenvalue weighted by Gasteiger charge is 2.02. The molecule has 0 unspecified atom stereocenters. The van der Waals surface area contributed by atoms with Gasteiger partial charge in [0.1, 0.15) is 0 Å². The van der Waals surface area contributed by atoms with Crippen LogP contribution in [-0.2, 0) is 0 Å². The lowest BCUT2D eigenvalue weighted by atomic mass is 13.4. The van der Waals surface area contributed by atoms with Crippen LogP contribution in [0.15, 0.2) is 0 Å². The van der Waals surface area contributed by atoms with Gasteiger partial charge in [0.2, 0.25) is 0 Å². The zero-order valence-electron chi connectivity index (χ0n) is 3.42. The lowest BCUT2D eigenvalue weighted by Gasteiger charge is -2.04. The summed E-state index contributed by atoms with van der Waals surface area (Å²) in [4.78, 5) is 0. The smallest absolute Gasteiger partial charge is 0.321 e. The molecule has 0 aliphatic rings. The van der Waals surface area contributed by atoms with Crippen LogP contribution in [0, 0.1) is 0 Å². The normalized spacial score (nSPS) is 10.3. The molecule has 0 fully saturated rings. The van der Waals surface area contributed by atoms with E-state index < -0.39 is 9.28 Å². The van der Waals surface area contributed by atoms with E-state index in [-0.39, 0.29) is 0 Å². The second-order valence-corrected chi connectivity index (χ2v) is 2.46. The molecule has 7 heteroatoms. The van der Waals surface area contributed by atoms with Crippen LogP contribution in [0.5, 0.6) is 0 Å². The van der Waals surface area contributed by atoms with Gasteiger partial charge in [0.25, 0.3) is 0 Å². The molecule has 0 aromatic rings. The minimum atomic E-state index is -2.25. The molecular formula is H7N3O3Si. The second kappa shape index (κ2) is 4.14. The Morgan fingerprint density at radius 1 is 0.857 bits per heavy atom.